The van der Waals surface area contributed by atoms with Crippen molar-refractivity contribution in [3.63, 3.8) is 0 Å². The maximum absolute atomic E-state index is 5.50. The lowest BCUT2D eigenvalue weighted by atomic mass is 9.89. The maximum atomic E-state index is 5.50. The molecule has 0 aliphatic carbocycles. The van der Waals surface area contributed by atoms with E-state index in [-0.39, 0.29) is 0 Å². The zero-order valence-corrected chi connectivity index (χ0v) is 15.2. The summed E-state index contributed by atoms with van der Waals surface area (Å²) < 4.78 is 5.50. The van der Waals surface area contributed by atoms with Crippen LogP contribution in [0.3, 0.4) is 0 Å². The summed E-state index contributed by atoms with van der Waals surface area (Å²) in [5.41, 5.74) is 2.59. The largest absolute Gasteiger partial charge is 0.496 e. The fraction of sp³-hybridized carbons (Fsp3) is 0.304. The van der Waals surface area contributed by atoms with Crippen LogP contribution in [0, 0.1) is 0 Å². The van der Waals surface area contributed by atoms with Crippen molar-refractivity contribution in [1.29, 1.82) is 0 Å². The molecular weight excluding hydrogens is 320 g/mol. The molecule has 2 N–H and O–H groups in total. The van der Waals surface area contributed by atoms with Crippen molar-refractivity contribution in [3.8, 4) is 5.75 Å². The number of hydrogen-bond acceptors (Lipinski definition) is 3. The number of methoxy groups -OCH3 is 1. The van der Waals surface area contributed by atoms with Crippen molar-refractivity contribution >= 4 is 10.8 Å². The van der Waals surface area contributed by atoms with Crippen molar-refractivity contribution < 1.29 is 4.74 Å². The lowest BCUT2D eigenvalue weighted by Gasteiger charge is -2.34. The fourth-order valence-electron chi connectivity index (χ4n) is 4.05. The van der Waals surface area contributed by atoms with Gasteiger partial charge >= 0.3 is 0 Å². The lowest BCUT2D eigenvalue weighted by molar-refractivity contribution is 0.304. The summed E-state index contributed by atoms with van der Waals surface area (Å²) in [7, 11) is 1.74. The van der Waals surface area contributed by atoms with Crippen LogP contribution in [0.5, 0.6) is 5.75 Å². The van der Waals surface area contributed by atoms with Gasteiger partial charge < -0.3 is 15.4 Å². The standard InChI is InChI=1S/C23H26N2O/c1-26-22-14-5-3-9-18(22)16-25-21-13-7-15-24-23(21)20-12-6-10-17-8-2-4-11-19(17)20/h2-6,8-12,14,21,23-25H,7,13,15-16H2,1H3/t21-,23-/m1/s1. The van der Waals surface area contributed by atoms with Crippen LogP contribution < -0.4 is 15.4 Å². The van der Waals surface area contributed by atoms with Gasteiger partial charge in [0, 0.05) is 24.2 Å². The second kappa shape index (κ2) is 7.90. The third-order valence-corrected chi connectivity index (χ3v) is 5.36. The number of fused-ring (bicyclic) bond motifs is 1. The third-order valence-electron chi connectivity index (χ3n) is 5.36. The lowest BCUT2D eigenvalue weighted by Crippen LogP contribution is -2.45. The van der Waals surface area contributed by atoms with E-state index in [2.05, 4.69) is 65.2 Å². The van der Waals surface area contributed by atoms with E-state index < -0.39 is 0 Å². The highest BCUT2D eigenvalue weighted by Crippen LogP contribution is 2.30. The van der Waals surface area contributed by atoms with Crippen molar-refractivity contribution in [2.75, 3.05) is 13.7 Å². The molecule has 4 rings (SSSR count). The van der Waals surface area contributed by atoms with Gasteiger partial charge in [-0.3, -0.25) is 0 Å². The predicted molar refractivity (Wildman–Crippen MR) is 108 cm³/mol. The van der Waals surface area contributed by atoms with Gasteiger partial charge in [-0.1, -0.05) is 60.7 Å². The molecule has 1 aliphatic heterocycles. The van der Waals surface area contributed by atoms with Crippen LogP contribution >= 0.6 is 0 Å². The minimum absolute atomic E-state index is 0.324. The summed E-state index contributed by atoms with van der Waals surface area (Å²) in [5.74, 6) is 0.950. The Morgan fingerprint density at radius 1 is 1.00 bits per heavy atom. The van der Waals surface area contributed by atoms with E-state index in [0.29, 0.717) is 12.1 Å². The van der Waals surface area contributed by atoms with Crippen molar-refractivity contribution in [3.05, 3.63) is 77.9 Å². The molecule has 0 aromatic heterocycles. The van der Waals surface area contributed by atoms with Gasteiger partial charge in [-0.2, -0.15) is 0 Å². The van der Waals surface area contributed by atoms with Crippen LogP contribution in [-0.4, -0.2) is 19.7 Å². The molecule has 3 aromatic carbocycles. The van der Waals surface area contributed by atoms with Crippen LogP contribution in [0.1, 0.15) is 30.0 Å². The number of piperidine rings is 1. The Morgan fingerprint density at radius 3 is 2.73 bits per heavy atom. The minimum Gasteiger partial charge on any atom is -0.496 e. The molecule has 2 atom stereocenters. The van der Waals surface area contributed by atoms with E-state index in [1.165, 1.54) is 34.7 Å². The highest BCUT2D eigenvalue weighted by Gasteiger charge is 2.27. The molecule has 0 amide bonds. The average molecular weight is 346 g/mol. The average Bonchev–Trinajstić information content (AvgIpc) is 2.72. The second-order valence-electron chi connectivity index (χ2n) is 6.94. The molecule has 1 aliphatic rings. The molecule has 3 nitrogen and oxygen atoms in total. The molecule has 134 valence electrons. The Kier molecular flexibility index (Phi) is 5.19. The summed E-state index contributed by atoms with van der Waals surface area (Å²) >= 11 is 0. The van der Waals surface area contributed by atoms with E-state index in [1.54, 1.807) is 7.11 Å². The predicted octanol–water partition coefficient (Wildman–Crippen LogP) is 4.43. The molecule has 0 bridgehead atoms. The number of ether oxygens (including phenoxy) is 1. The molecule has 1 fully saturated rings. The topological polar surface area (TPSA) is 33.3 Å². The summed E-state index contributed by atoms with van der Waals surface area (Å²) in [4.78, 5) is 0. The number of para-hydroxylation sites is 1. The van der Waals surface area contributed by atoms with Crippen LogP contribution in [0.4, 0.5) is 0 Å². The van der Waals surface area contributed by atoms with Crippen LogP contribution in [0.25, 0.3) is 10.8 Å². The first kappa shape index (κ1) is 17.1. The first-order valence-electron chi connectivity index (χ1n) is 9.43. The van der Waals surface area contributed by atoms with E-state index in [1.807, 2.05) is 12.1 Å². The third kappa shape index (κ3) is 3.46. The van der Waals surface area contributed by atoms with Gasteiger partial charge in [0.1, 0.15) is 5.75 Å². The van der Waals surface area contributed by atoms with Crippen LogP contribution in [0.15, 0.2) is 66.7 Å². The van der Waals surface area contributed by atoms with Gasteiger partial charge in [0.2, 0.25) is 0 Å². The molecular formula is C23H26N2O. The molecule has 0 saturated carbocycles. The fourth-order valence-corrected chi connectivity index (χ4v) is 4.05. The molecule has 1 heterocycles. The molecule has 0 unspecified atom stereocenters. The first-order chi connectivity index (χ1) is 12.9. The van der Waals surface area contributed by atoms with E-state index in [4.69, 9.17) is 4.74 Å². The van der Waals surface area contributed by atoms with E-state index >= 15 is 0 Å². The van der Waals surface area contributed by atoms with Crippen molar-refractivity contribution in [1.82, 2.24) is 10.6 Å². The zero-order valence-electron chi connectivity index (χ0n) is 15.2. The zero-order chi connectivity index (χ0) is 17.8. The Hall–Kier alpha value is -2.36. The van der Waals surface area contributed by atoms with E-state index in [9.17, 15) is 0 Å². The highest BCUT2D eigenvalue weighted by molar-refractivity contribution is 5.86. The maximum Gasteiger partial charge on any atom is 0.123 e. The number of benzene rings is 3. The van der Waals surface area contributed by atoms with Crippen LogP contribution in [0.2, 0.25) is 0 Å². The number of hydrogen-bond donors (Lipinski definition) is 2. The van der Waals surface area contributed by atoms with Crippen molar-refractivity contribution in [2.45, 2.75) is 31.5 Å². The van der Waals surface area contributed by atoms with Gasteiger partial charge in [-0.05, 0) is 41.8 Å². The monoisotopic (exact) mass is 346 g/mol. The van der Waals surface area contributed by atoms with Gasteiger partial charge in [-0.25, -0.2) is 0 Å². The van der Waals surface area contributed by atoms with E-state index in [0.717, 1.165) is 18.8 Å². The normalized spacial score (nSPS) is 20.2. The smallest absolute Gasteiger partial charge is 0.123 e. The molecule has 0 spiro atoms. The summed E-state index contributed by atoms with van der Waals surface area (Å²) in [6, 6.07) is 24.3. The SMILES string of the molecule is COc1ccccc1CN[C@@H]1CCCN[C@@H]1c1cccc2ccccc12. The van der Waals surface area contributed by atoms with Gasteiger partial charge in [0.15, 0.2) is 0 Å². The quantitative estimate of drug-likeness (QED) is 0.717. The second-order valence-corrected chi connectivity index (χ2v) is 6.94. The van der Waals surface area contributed by atoms with Gasteiger partial charge in [0.25, 0.3) is 0 Å². The molecule has 3 aromatic rings. The highest BCUT2D eigenvalue weighted by atomic mass is 16.5. The number of nitrogens with one attached hydrogen (secondary N) is 2. The summed E-state index contributed by atoms with van der Waals surface area (Å²) in [6.07, 6.45) is 2.38. The molecule has 0 radical (unpaired) electrons. The van der Waals surface area contributed by atoms with Gasteiger partial charge in [-0.15, -0.1) is 0 Å². The molecule has 1 saturated heterocycles. The Balaban J connectivity index is 1.58. The Morgan fingerprint density at radius 2 is 1.81 bits per heavy atom. The number of rotatable bonds is 5. The first-order valence-corrected chi connectivity index (χ1v) is 9.43. The Bertz CT molecular complexity index is 871. The van der Waals surface area contributed by atoms with Crippen molar-refractivity contribution in [2.24, 2.45) is 0 Å². The van der Waals surface area contributed by atoms with Gasteiger partial charge in [0.05, 0.1) is 7.11 Å². The summed E-state index contributed by atoms with van der Waals surface area (Å²) in [6.45, 7) is 1.89. The Labute approximate surface area is 155 Å². The molecule has 3 heteroatoms. The van der Waals surface area contributed by atoms with Crippen LogP contribution in [-0.2, 0) is 6.54 Å². The summed E-state index contributed by atoms with van der Waals surface area (Å²) in [5, 5.41) is 10.2. The molecule has 26 heavy (non-hydrogen) atoms. The minimum atomic E-state index is 0.324.